The van der Waals surface area contributed by atoms with Gasteiger partial charge in [0.2, 0.25) is 0 Å². The maximum absolute atomic E-state index is 12.7. The summed E-state index contributed by atoms with van der Waals surface area (Å²) in [7, 11) is 0. The highest BCUT2D eigenvalue weighted by atomic mass is 35.5. The molecule has 3 fully saturated rings. The zero-order valence-corrected chi connectivity index (χ0v) is 16.2. The van der Waals surface area contributed by atoms with Crippen LogP contribution >= 0.6 is 11.6 Å². The van der Waals surface area contributed by atoms with E-state index in [0.717, 1.165) is 12.0 Å². The number of likely N-dealkylation sites (tertiary alicyclic amines) is 2. The number of urea groups is 1. The molecule has 0 spiro atoms. The van der Waals surface area contributed by atoms with Crippen LogP contribution in [0.25, 0.3) is 0 Å². The Kier molecular flexibility index (Phi) is 5.37. The minimum absolute atomic E-state index is 0.00789. The Hall–Kier alpha value is -2.00. The zero-order chi connectivity index (χ0) is 20.8. The number of alkyl halides is 3. The van der Waals surface area contributed by atoms with E-state index >= 15 is 0 Å². The minimum Gasteiger partial charge on any atom is -0.404 e. The lowest BCUT2D eigenvalue weighted by Crippen LogP contribution is -2.58. The van der Waals surface area contributed by atoms with Gasteiger partial charge in [-0.15, -0.1) is 13.2 Å². The first kappa shape index (κ1) is 20.3. The molecule has 0 unspecified atom stereocenters. The Balaban J connectivity index is 1.32. The first-order valence-corrected chi connectivity index (χ1v) is 9.80. The van der Waals surface area contributed by atoms with Crippen LogP contribution in [0.1, 0.15) is 24.3 Å². The number of piperidine rings is 1. The third-order valence-corrected chi connectivity index (χ3v) is 5.98. The van der Waals surface area contributed by atoms with E-state index in [1.807, 2.05) is 0 Å². The number of hydrogen-bond donors (Lipinski definition) is 0. The van der Waals surface area contributed by atoms with Crippen molar-refractivity contribution < 1.29 is 32.2 Å². The molecule has 2 atom stereocenters. The monoisotopic (exact) mass is 432 g/mol. The summed E-state index contributed by atoms with van der Waals surface area (Å²) < 4.78 is 46.5. The number of amides is 2. The molecule has 0 aromatic heterocycles. The van der Waals surface area contributed by atoms with Gasteiger partial charge in [-0.3, -0.25) is 4.79 Å². The Morgan fingerprint density at radius 2 is 1.97 bits per heavy atom. The summed E-state index contributed by atoms with van der Waals surface area (Å²) >= 11 is 5.90. The maximum atomic E-state index is 12.7. The van der Waals surface area contributed by atoms with Crippen LogP contribution in [0.5, 0.6) is 5.75 Å². The van der Waals surface area contributed by atoms with Crippen molar-refractivity contribution in [1.82, 2.24) is 9.80 Å². The maximum Gasteiger partial charge on any atom is 0.573 e. The highest BCUT2D eigenvalue weighted by Crippen LogP contribution is 2.36. The summed E-state index contributed by atoms with van der Waals surface area (Å²) in [5.41, 5.74) is 0.763. The van der Waals surface area contributed by atoms with Crippen LogP contribution in [0.15, 0.2) is 18.2 Å². The smallest absolute Gasteiger partial charge is 0.404 e. The summed E-state index contributed by atoms with van der Waals surface area (Å²) in [6, 6.07) is 4.10. The number of carbonyl (C=O) groups is 2. The van der Waals surface area contributed by atoms with Crippen molar-refractivity contribution in [2.45, 2.75) is 31.2 Å². The molecule has 6 nitrogen and oxygen atoms in total. The lowest BCUT2D eigenvalue weighted by atomic mass is 9.87. The van der Waals surface area contributed by atoms with Crippen LogP contribution in [-0.2, 0) is 9.53 Å². The summed E-state index contributed by atoms with van der Waals surface area (Å²) in [6.07, 6.45) is -3.59. The molecular formula is C19H20ClF3N2O4. The van der Waals surface area contributed by atoms with E-state index in [9.17, 15) is 22.8 Å². The number of Topliss-reactive ketones (excluding diaryl/α,β-unsaturated/α-hetero) is 1. The van der Waals surface area contributed by atoms with Gasteiger partial charge in [-0.1, -0.05) is 17.7 Å². The van der Waals surface area contributed by atoms with Crippen LogP contribution in [0.3, 0.4) is 0 Å². The van der Waals surface area contributed by atoms with Crippen LogP contribution in [0, 0.1) is 5.92 Å². The molecule has 0 radical (unpaired) electrons. The van der Waals surface area contributed by atoms with E-state index in [2.05, 4.69) is 4.74 Å². The highest BCUT2D eigenvalue weighted by molar-refractivity contribution is 6.32. The average molecular weight is 433 g/mol. The molecular weight excluding hydrogens is 413 g/mol. The van der Waals surface area contributed by atoms with Crippen molar-refractivity contribution in [2.75, 3.05) is 32.8 Å². The van der Waals surface area contributed by atoms with Crippen molar-refractivity contribution in [2.24, 2.45) is 5.92 Å². The number of ketones is 1. The molecule has 3 saturated heterocycles. The van der Waals surface area contributed by atoms with E-state index in [1.54, 1.807) is 9.80 Å². The van der Waals surface area contributed by atoms with Gasteiger partial charge in [0.15, 0.2) is 5.78 Å². The van der Waals surface area contributed by atoms with E-state index in [1.165, 1.54) is 18.2 Å². The standard InChI is InChI=1S/C19H20ClF3N2O4/c20-15-6-11(1-2-17(15)29-19(21,22)23)13-8-25(9-13)18(27)24-4-3-16-12(7-24)5-14(26)10-28-16/h1-2,6,12-13,16H,3-5,7-10H2/t12-,16-/m1/s1. The molecule has 3 aliphatic rings. The molecule has 1 aromatic carbocycles. The molecule has 3 heterocycles. The second-order valence-corrected chi connectivity index (χ2v) is 8.12. The highest BCUT2D eigenvalue weighted by Gasteiger charge is 2.40. The molecule has 0 N–H and O–H groups in total. The fourth-order valence-corrected chi connectivity index (χ4v) is 4.40. The number of carbonyl (C=O) groups excluding carboxylic acids is 2. The third kappa shape index (κ3) is 4.45. The summed E-state index contributed by atoms with van der Waals surface area (Å²) in [4.78, 5) is 27.8. The van der Waals surface area contributed by atoms with Gasteiger partial charge < -0.3 is 19.3 Å². The third-order valence-electron chi connectivity index (χ3n) is 5.69. The summed E-state index contributed by atoms with van der Waals surface area (Å²) in [5.74, 6) is -0.318. The number of halogens is 4. The number of rotatable bonds is 2. The molecule has 0 saturated carbocycles. The summed E-state index contributed by atoms with van der Waals surface area (Å²) in [5, 5.41) is -0.117. The largest absolute Gasteiger partial charge is 0.573 e. The molecule has 3 aliphatic heterocycles. The molecule has 10 heteroatoms. The molecule has 2 amide bonds. The Morgan fingerprint density at radius 3 is 2.66 bits per heavy atom. The van der Waals surface area contributed by atoms with E-state index < -0.39 is 12.1 Å². The number of hydrogen-bond acceptors (Lipinski definition) is 4. The van der Waals surface area contributed by atoms with Gasteiger partial charge in [-0.2, -0.15) is 0 Å². The van der Waals surface area contributed by atoms with Crippen molar-refractivity contribution in [1.29, 1.82) is 0 Å². The van der Waals surface area contributed by atoms with Gasteiger partial charge in [-0.05, 0) is 24.1 Å². The normalized spacial score (nSPS) is 25.4. The number of benzene rings is 1. The molecule has 0 bridgehead atoms. The van der Waals surface area contributed by atoms with Gasteiger partial charge in [0.05, 0.1) is 11.1 Å². The number of nitrogens with zero attached hydrogens (tertiary/aromatic N) is 2. The lowest BCUT2D eigenvalue weighted by molar-refractivity contribution is -0.274. The Bertz CT molecular complexity index is 813. The Morgan fingerprint density at radius 1 is 1.21 bits per heavy atom. The SMILES string of the molecule is O=C1CO[C@@H]2CCN(C(=O)N3CC(c4ccc(OC(F)(F)F)c(Cl)c4)C3)C[C@H]2C1. The van der Waals surface area contributed by atoms with E-state index in [-0.39, 0.29) is 41.4 Å². The van der Waals surface area contributed by atoms with Crippen LogP contribution < -0.4 is 4.74 Å². The quantitative estimate of drug-likeness (QED) is 0.718. The molecule has 158 valence electrons. The molecule has 29 heavy (non-hydrogen) atoms. The minimum atomic E-state index is -4.80. The van der Waals surface area contributed by atoms with Gasteiger partial charge in [-0.25, -0.2) is 4.79 Å². The topological polar surface area (TPSA) is 59.1 Å². The zero-order valence-electron chi connectivity index (χ0n) is 15.5. The van der Waals surface area contributed by atoms with Crippen molar-refractivity contribution in [3.8, 4) is 5.75 Å². The van der Waals surface area contributed by atoms with Gasteiger partial charge in [0.1, 0.15) is 12.4 Å². The number of fused-ring (bicyclic) bond motifs is 1. The second-order valence-electron chi connectivity index (χ2n) is 7.71. The van der Waals surface area contributed by atoms with E-state index in [0.29, 0.717) is 32.6 Å². The van der Waals surface area contributed by atoms with Gasteiger partial charge in [0, 0.05) is 44.4 Å². The van der Waals surface area contributed by atoms with Crippen molar-refractivity contribution in [3.05, 3.63) is 28.8 Å². The molecule has 0 aliphatic carbocycles. The fraction of sp³-hybridized carbons (Fsp3) is 0.579. The van der Waals surface area contributed by atoms with Crippen LogP contribution in [0.2, 0.25) is 5.02 Å². The van der Waals surface area contributed by atoms with Crippen molar-refractivity contribution >= 4 is 23.4 Å². The second kappa shape index (κ2) is 7.68. The average Bonchev–Trinajstić information content (AvgIpc) is 2.61. The predicted octanol–water partition coefficient (Wildman–Crippen LogP) is 3.44. The molecule has 4 rings (SSSR count). The number of ether oxygens (including phenoxy) is 2. The fourth-order valence-electron chi connectivity index (χ4n) is 4.18. The van der Waals surface area contributed by atoms with E-state index in [4.69, 9.17) is 16.3 Å². The first-order chi connectivity index (χ1) is 13.7. The predicted molar refractivity (Wildman–Crippen MR) is 96.9 cm³/mol. The van der Waals surface area contributed by atoms with Crippen molar-refractivity contribution in [3.63, 3.8) is 0 Å². The van der Waals surface area contributed by atoms with Gasteiger partial charge in [0.25, 0.3) is 0 Å². The summed E-state index contributed by atoms with van der Waals surface area (Å²) in [6.45, 7) is 2.19. The van der Waals surface area contributed by atoms with Crippen LogP contribution in [0.4, 0.5) is 18.0 Å². The first-order valence-electron chi connectivity index (χ1n) is 9.42. The lowest BCUT2D eigenvalue weighted by Gasteiger charge is -2.46. The van der Waals surface area contributed by atoms with Crippen LogP contribution in [-0.4, -0.2) is 66.9 Å². The Labute approximate surface area is 170 Å². The van der Waals surface area contributed by atoms with Gasteiger partial charge >= 0.3 is 12.4 Å². The molecule has 1 aromatic rings.